The lowest BCUT2D eigenvalue weighted by Crippen LogP contribution is -2.46. The van der Waals surface area contributed by atoms with Gasteiger partial charge in [0.2, 0.25) is 0 Å². The van der Waals surface area contributed by atoms with E-state index in [0.717, 1.165) is 24.4 Å². The van der Waals surface area contributed by atoms with Gasteiger partial charge in [-0.25, -0.2) is 0 Å². The second kappa shape index (κ2) is 6.17. The molecule has 2 rings (SSSR count). The fourth-order valence-electron chi connectivity index (χ4n) is 3.68. The van der Waals surface area contributed by atoms with Crippen molar-refractivity contribution in [2.24, 2.45) is 17.6 Å². The van der Waals surface area contributed by atoms with Crippen LogP contribution in [0.4, 0.5) is 0 Å². The molecule has 0 aromatic heterocycles. The number of likely N-dealkylation sites (N-methyl/N-ethyl adjacent to an activating group) is 2. The van der Waals surface area contributed by atoms with Crippen molar-refractivity contribution in [3.63, 3.8) is 0 Å². The summed E-state index contributed by atoms with van der Waals surface area (Å²) >= 11 is 0. The highest BCUT2D eigenvalue weighted by atomic mass is 15.2. The highest BCUT2D eigenvalue weighted by molar-refractivity contribution is 4.84. The lowest BCUT2D eigenvalue weighted by atomic mass is 9.94. The van der Waals surface area contributed by atoms with Gasteiger partial charge in [0.1, 0.15) is 0 Å². The predicted molar refractivity (Wildman–Crippen MR) is 73.0 cm³/mol. The Morgan fingerprint density at radius 1 is 1.18 bits per heavy atom. The van der Waals surface area contributed by atoms with E-state index < -0.39 is 0 Å². The highest BCUT2D eigenvalue weighted by Gasteiger charge is 2.29. The summed E-state index contributed by atoms with van der Waals surface area (Å²) in [4.78, 5) is 5.08. The minimum absolute atomic E-state index is 0.771. The molecule has 1 aliphatic heterocycles. The van der Waals surface area contributed by atoms with E-state index in [1.807, 2.05) is 0 Å². The summed E-state index contributed by atoms with van der Waals surface area (Å²) in [5.41, 5.74) is 5.87. The van der Waals surface area contributed by atoms with Gasteiger partial charge in [0.15, 0.2) is 0 Å². The molecule has 0 aromatic rings. The van der Waals surface area contributed by atoms with Gasteiger partial charge in [-0.1, -0.05) is 6.42 Å². The lowest BCUT2D eigenvalue weighted by molar-refractivity contribution is 0.113. The minimum atomic E-state index is 0.771. The first-order valence-corrected chi connectivity index (χ1v) is 7.29. The van der Waals surface area contributed by atoms with Crippen molar-refractivity contribution in [2.75, 3.05) is 40.3 Å². The highest BCUT2D eigenvalue weighted by Crippen LogP contribution is 2.32. The Labute approximate surface area is 106 Å². The molecule has 1 aliphatic carbocycles. The van der Waals surface area contributed by atoms with Gasteiger partial charge in [-0.05, 0) is 64.7 Å². The van der Waals surface area contributed by atoms with Crippen LogP contribution in [0.3, 0.4) is 0 Å². The Hall–Kier alpha value is -0.120. The van der Waals surface area contributed by atoms with Crippen LogP contribution in [0.1, 0.15) is 32.1 Å². The van der Waals surface area contributed by atoms with Crippen molar-refractivity contribution in [1.29, 1.82) is 0 Å². The van der Waals surface area contributed by atoms with Gasteiger partial charge in [-0.3, -0.25) is 0 Å². The Bertz CT molecular complexity index is 232. The maximum atomic E-state index is 5.87. The number of rotatable bonds is 4. The third-order valence-corrected chi connectivity index (χ3v) is 4.86. The summed E-state index contributed by atoms with van der Waals surface area (Å²) in [6, 6.07) is 0.771. The molecular weight excluding hydrogens is 210 g/mol. The van der Waals surface area contributed by atoms with Crippen molar-refractivity contribution in [3.05, 3.63) is 0 Å². The smallest absolute Gasteiger partial charge is 0.0220 e. The first-order valence-electron chi connectivity index (χ1n) is 7.29. The molecule has 0 amide bonds. The second-order valence-corrected chi connectivity index (χ2v) is 6.18. The minimum Gasteiger partial charge on any atom is -0.330 e. The third kappa shape index (κ3) is 3.43. The molecular formula is C14H29N3. The quantitative estimate of drug-likeness (QED) is 0.804. The second-order valence-electron chi connectivity index (χ2n) is 6.18. The molecule has 2 N–H and O–H groups in total. The zero-order valence-electron chi connectivity index (χ0n) is 11.6. The van der Waals surface area contributed by atoms with Gasteiger partial charge >= 0.3 is 0 Å². The molecule has 3 nitrogen and oxygen atoms in total. The molecule has 1 heterocycles. The fraction of sp³-hybridized carbons (Fsp3) is 1.00. The maximum Gasteiger partial charge on any atom is 0.0220 e. The van der Waals surface area contributed by atoms with Crippen molar-refractivity contribution < 1.29 is 0 Å². The molecule has 3 unspecified atom stereocenters. The lowest BCUT2D eigenvalue weighted by Gasteiger charge is -2.37. The number of likely N-dealkylation sites (tertiary alicyclic amines) is 1. The van der Waals surface area contributed by atoms with E-state index in [1.165, 1.54) is 51.7 Å². The monoisotopic (exact) mass is 239 g/mol. The van der Waals surface area contributed by atoms with E-state index >= 15 is 0 Å². The van der Waals surface area contributed by atoms with Crippen LogP contribution >= 0.6 is 0 Å². The largest absolute Gasteiger partial charge is 0.330 e. The summed E-state index contributed by atoms with van der Waals surface area (Å²) in [5.74, 6) is 1.65. The zero-order valence-corrected chi connectivity index (χ0v) is 11.6. The molecule has 2 aliphatic rings. The van der Waals surface area contributed by atoms with E-state index in [1.54, 1.807) is 0 Å². The van der Waals surface area contributed by atoms with Crippen LogP contribution in [0, 0.1) is 11.8 Å². The first-order chi connectivity index (χ1) is 8.20. The molecule has 0 radical (unpaired) electrons. The Balaban J connectivity index is 1.81. The predicted octanol–water partition coefficient (Wildman–Crippen LogP) is 1.39. The molecule has 1 saturated carbocycles. The van der Waals surface area contributed by atoms with E-state index in [4.69, 9.17) is 5.73 Å². The molecule has 0 bridgehead atoms. The zero-order chi connectivity index (χ0) is 12.3. The normalized spacial score (nSPS) is 35.6. The van der Waals surface area contributed by atoms with Crippen molar-refractivity contribution in [2.45, 2.75) is 38.1 Å². The van der Waals surface area contributed by atoms with Gasteiger partial charge in [0.25, 0.3) is 0 Å². The van der Waals surface area contributed by atoms with Gasteiger partial charge in [-0.15, -0.1) is 0 Å². The van der Waals surface area contributed by atoms with Crippen molar-refractivity contribution in [3.8, 4) is 0 Å². The van der Waals surface area contributed by atoms with Crippen LogP contribution in [0.15, 0.2) is 0 Å². The van der Waals surface area contributed by atoms with E-state index in [2.05, 4.69) is 23.9 Å². The molecule has 1 saturated heterocycles. The molecule has 3 heteroatoms. The SMILES string of the molecule is CN1CCCC(N(C)CC2CCCC2CN)C1. The van der Waals surface area contributed by atoms with E-state index in [9.17, 15) is 0 Å². The van der Waals surface area contributed by atoms with Crippen LogP contribution in [0.5, 0.6) is 0 Å². The number of nitrogens with two attached hydrogens (primary N) is 1. The molecule has 17 heavy (non-hydrogen) atoms. The van der Waals surface area contributed by atoms with Crippen LogP contribution in [0.2, 0.25) is 0 Å². The number of hydrogen-bond donors (Lipinski definition) is 1. The van der Waals surface area contributed by atoms with E-state index in [-0.39, 0.29) is 0 Å². The summed E-state index contributed by atoms with van der Waals surface area (Å²) in [6.07, 6.45) is 6.89. The fourth-order valence-corrected chi connectivity index (χ4v) is 3.68. The molecule has 0 spiro atoms. The summed E-state index contributed by atoms with van der Waals surface area (Å²) in [6.45, 7) is 4.68. The van der Waals surface area contributed by atoms with Gasteiger partial charge in [-0.2, -0.15) is 0 Å². The summed E-state index contributed by atoms with van der Waals surface area (Å²) in [7, 11) is 4.56. The van der Waals surface area contributed by atoms with E-state index in [0.29, 0.717) is 0 Å². The molecule has 100 valence electrons. The Kier molecular flexibility index (Phi) is 4.83. The maximum absolute atomic E-state index is 5.87. The number of nitrogens with zero attached hydrogens (tertiary/aromatic N) is 2. The molecule has 2 fully saturated rings. The average Bonchev–Trinajstić information content (AvgIpc) is 2.76. The van der Waals surface area contributed by atoms with Crippen molar-refractivity contribution >= 4 is 0 Å². The standard InChI is InChI=1S/C14H29N3/c1-16-8-4-7-14(11-16)17(2)10-13-6-3-5-12(13)9-15/h12-14H,3-11,15H2,1-2H3. The number of piperidine rings is 1. The van der Waals surface area contributed by atoms with Crippen LogP contribution in [-0.2, 0) is 0 Å². The topological polar surface area (TPSA) is 32.5 Å². The van der Waals surface area contributed by atoms with Crippen LogP contribution < -0.4 is 5.73 Å². The summed E-state index contributed by atoms with van der Waals surface area (Å²) < 4.78 is 0. The van der Waals surface area contributed by atoms with Gasteiger partial charge in [0.05, 0.1) is 0 Å². The van der Waals surface area contributed by atoms with Crippen LogP contribution in [0.25, 0.3) is 0 Å². The first kappa shape index (κ1) is 13.3. The van der Waals surface area contributed by atoms with Crippen molar-refractivity contribution in [1.82, 2.24) is 9.80 Å². The van der Waals surface area contributed by atoms with Gasteiger partial charge in [0, 0.05) is 19.1 Å². The number of hydrogen-bond acceptors (Lipinski definition) is 3. The van der Waals surface area contributed by atoms with Crippen LogP contribution in [-0.4, -0.2) is 56.1 Å². The Morgan fingerprint density at radius 2 is 1.94 bits per heavy atom. The van der Waals surface area contributed by atoms with Gasteiger partial charge < -0.3 is 15.5 Å². The third-order valence-electron chi connectivity index (χ3n) is 4.86. The average molecular weight is 239 g/mol. The Morgan fingerprint density at radius 3 is 2.65 bits per heavy atom. The molecule has 3 atom stereocenters. The molecule has 0 aromatic carbocycles. The summed E-state index contributed by atoms with van der Waals surface area (Å²) in [5, 5.41) is 0.